The molecule has 0 heterocycles. The van der Waals surface area contributed by atoms with Crippen molar-refractivity contribution in [2.45, 2.75) is 11.5 Å². The first-order valence-corrected chi connectivity index (χ1v) is 10.2. The Morgan fingerprint density at radius 1 is 0.778 bits per heavy atom. The normalized spacial score (nSPS) is 12.3. The predicted molar refractivity (Wildman–Crippen MR) is 87.3 cm³/mol. The van der Waals surface area contributed by atoms with Gasteiger partial charge in [0.25, 0.3) is 0 Å². The highest BCUT2D eigenvalue weighted by atomic mass is 33.2. The van der Waals surface area contributed by atoms with Crippen LogP contribution in [0.15, 0.2) is 60.7 Å². The van der Waals surface area contributed by atoms with Crippen molar-refractivity contribution in [3.63, 3.8) is 0 Å². The summed E-state index contributed by atoms with van der Waals surface area (Å²) in [6, 6.07) is 21.7. The molecule has 0 aromatic heterocycles. The topological polar surface area (TPSA) is 0 Å². The van der Waals surface area contributed by atoms with Gasteiger partial charge in [-0.1, -0.05) is 60.7 Å². The predicted octanol–water partition coefficient (Wildman–Crippen LogP) is 5.10. The largest absolute Gasteiger partial charge is 0.188 e. The van der Waals surface area contributed by atoms with Crippen LogP contribution in [-0.2, 0) is 11.5 Å². The summed E-state index contributed by atoms with van der Waals surface area (Å²) in [6.07, 6.45) is 4.69. The van der Waals surface area contributed by atoms with Crippen LogP contribution >= 0.6 is 19.9 Å². The van der Waals surface area contributed by atoms with Crippen molar-refractivity contribution in [3.8, 4) is 0 Å². The minimum Gasteiger partial charge on any atom is -0.188 e. The lowest BCUT2D eigenvalue weighted by Crippen LogP contribution is -2.01. The first-order chi connectivity index (χ1) is 8.72. The smallest absolute Gasteiger partial charge is 0.0111 e. The Morgan fingerprint density at radius 3 is 1.50 bits per heavy atom. The molecule has 2 aromatic rings. The Labute approximate surface area is 116 Å². The molecule has 0 amide bonds. The number of hydrogen-bond acceptors (Lipinski definition) is 1. The van der Waals surface area contributed by atoms with E-state index in [1.807, 2.05) is 10.8 Å². The molecule has 0 bridgehead atoms. The summed E-state index contributed by atoms with van der Waals surface area (Å²) in [5.74, 6) is 2.40. The molecule has 2 heteroatoms. The van der Waals surface area contributed by atoms with Gasteiger partial charge < -0.3 is 0 Å². The molecule has 0 atom stereocenters. The van der Waals surface area contributed by atoms with Crippen molar-refractivity contribution in [1.29, 1.82) is 0 Å². The summed E-state index contributed by atoms with van der Waals surface area (Å²) in [6.45, 7) is 0. The van der Waals surface area contributed by atoms with E-state index in [-0.39, 0.29) is 0 Å². The second kappa shape index (κ2) is 6.35. The third-order valence-corrected chi connectivity index (χ3v) is 8.85. The third-order valence-electron chi connectivity index (χ3n) is 3.03. The van der Waals surface area contributed by atoms with Gasteiger partial charge in [0.2, 0.25) is 0 Å². The second-order valence-corrected chi connectivity index (χ2v) is 11.3. The monoisotopic (exact) mass is 276 g/mol. The lowest BCUT2D eigenvalue weighted by atomic mass is 10.2. The zero-order valence-corrected chi connectivity index (χ0v) is 12.6. The minimum atomic E-state index is -0.666. The molecule has 0 unspecified atom stereocenters. The zero-order chi connectivity index (χ0) is 12.8. The zero-order valence-electron chi connectivity index (χ0n) is 11.0. The van der Waals surface area contributed by atoms with E-state index in [1.165, 1.54) is 22.6 Å². The molecule has 0 radical (unpaired) electrons. The van der Waals surface area contributed by atoms with Crippen LogP contribution in [0.5, 0.6) is 0 Å². The first kappa shape index (κ1) is 13.6. The Hall–Kier alpha value is -0.860. The molecule has 2 aromatic carbocycles. The molecule has 0 aliphatic rings. The molecule has 18 heavy (non-hydrogen) atoms. The van der Waals surface area contributed by atoms with E-state index >= 15 is 0 Å². The highest BCUT2D eigenvalue weighted by Gasteiger charge is 2.18. The van der Waals surface area contributed by atoms with E-state index in [1.54, 1.807) is 0 Å². The highest BCUT2D eigenvalue weighted by molar-refractivity contribution is 8.93. The Balaban J connectivity index is 2.11. The van der Waals surface area contributed by atoms with Crippen molar-refractivity contribution in [2.75, 3.05) is 12.5 Å². The van der Waals surface area contributed by atoms with Crippen molar-refractivity contribution in [3.05, 3.63) is 71.8 Å². The van der Waals surface area contributed by atoms with E-state index in [0.29, 0.717) is 0 Å². The summed E-state index contributed by atoms with van der Waals surface area (Å²) in [5, 5.41) is 0. The van der Waals surface area contributed by atoms with Crippen molar-refractivity contribution in [1.82, 2.24) is 0 Å². The van der Waals surface area contributed by atoms with E-state index in [2.05, 4.69) is 73.2 Å². The number of rotatable bonds is 5. The van der Waals surface area contributed by atoms with Crippen LogP contribution in [0.25, 0.3) is 0 Å². The van der Waals surface area contributed by atoms with Gasteiger partial charge in [-0.15, -0.1) is 10.8 Å². The van der Waals surface area contributed by atoms with Gasteiger partial charge >= 0.3 is 0 Å². The fraction of sp³-hybridized carbons (Fsp3) is 0.250. The molecule has 0 fully saturated rings. The molecule has 96 valence electrons. The highest BCUT2D eigenvalue weighted by Crippen LogP contribution is 2.60. The molecule has 0 aliphatic heterocycles. The average molecular weight is 276 g/mol. The summed E-state index contributed by atoms with van der Waals surface area (Å²) in [7, 11) is 1.38. The SMILES string of the molecule is CSS(C)(Cc1ccccc1)Cc1ccccc1. The van der Waals surface area contributed by atoms with E-state index in [0.717, 1.165) is 0 Å². The Kier molecular flexibility index (Phi) is 4.79. The maximum absolute atomic E-state index is 2.44. The summed E-state index contributed by atoms with van der Waals surface area (Å²) >= 11 is 0. The van der Waals surface area contributed by atoms with Crippen LogP contribution in [-0.4, -0.2) is 12.5 Å². The second-order valence-electron chi connectivity index (χ2n) is 4.61. The average Bonchev–Trinajstić information content (AvgIpc) is 2.41. The van der Waals surface area contributed by atoms with Crippen LogP contribution in [0.3, 0.4) is 0 Å². The Morgan fingerprint density at radius 2 is 1.17 bits per heavy atom. The standard InChI is InChI=1S/C16H20S2/c1-17-18(2,13-15-9-5-3-6-10-15)14-16-11-7-4-8-12-16/h3-12H,13-14H2,1-2H3. The molecular formula is C16H20S2. The van der Waals surface area contributed by atoms with Gasteiger partial charge in [-0.3, -0.25) is 0 Å². The number of hydrogen-bond donors (Lipinski definition) is 0. The molecule has 0 spiro atoms. The summed E-state index contributed by atoms with van der Waals surface area (Å²) in [4.78, 5) is 0. The van der Waals surface area contributed by atoms with E-state index in [9.17, 15) is 0 Å². The maximum Gasteiger partial charge on any atom is 0.0111 e. The quantitative estimate of drug-likeness (QED) is 0.685. The van der Waals surface area contributed by atoms with Crippen LogP contribution in [0, 0.1) is 0 Å². The molecule has 0 aliphatic carbocycles. The summed E-state index contributed by atoms with van der Waals surface area (Å²) in [5.41, 5.74) is 2.92. The van der Waals surface area contributed by atoms with Crippen LogP contribution in [0.4, 0.5) is 0 Å². The van der Waals surface area contributed by atoms with Crippen molar-refractivity contribution in [2.24, 2.45) is 0 Å². The van der Waals surface area contributed by atoms with Crippen molar-refractivity contribution >= 4 is 19.9 Å². The molecule has 2 rings (SSSR count). The van der Waals surface area contributed by atoms with Crippen LogP contribution < -0.4 is 0 Å². The van der Waals surface area contributed by atoms with Gasteiger partial charge in [0.1, 0.15) is 0 Å². The fourth-order valence-corrected chi connectivity index (χ4v) is 5.68. The first-order valence-electron chi connectivity index (χ1n) is 6.09. The van der Waals surface area contributed by atoms with Gasteiger partial charge in [-0.25, -0.2) is 0 Å². The molecule has 0 saturated heterocycles. The van der Waals surface area contributed by atoms with Gasteiger partial charge in [0, 0.05) is 11.5 Å². The van der Waals surface area contributed by atoms with Crippen molar-refractivity contribution < 1.29 is 0 Å². The molecule has 0 saturated carbocycles. The molecule has 0 N–H and O–H groups in total. The van der Waals surface area contributed by atoms with Gasteiger partial charge in [-0.2, -0.15) is 9.06 Å². The molecule has 0 nitrogen and oxygen atoms in total. The lowest BCUT2D eigenvalue weighted by molar-refractivity contribution is 1.34. The van der Waals surface area contributed by atoms with Gasteiger partial charge in [0.15, 0.2) is 0 Å². The van der Waals surface area contributed by atoms with Crippen LogP contribution in [0.2, 0.25) is 0 Å². The van der Waals surface area contributed by atoms with Crippen LogP contribution in [0.1, 0.15) is 11.1 Å². The molecular weight excluding hydrogens is 256 g/mol. The lowest BCUT2D eigenvalue weighted by Gasteiger charge is -2.34. The minimum absolute atomic E-state index is 0.666. The maximum atomic E-state index is 2.44. The summed E-state index contributed by atoms with van der Waals surface area (Å²) < 4.78 is 0. The van der Waals surface area contributed by atoms with E-state index < -0.39 is 9.06 Å². The number of benzene rings is 2. The van der Waals surface area contributed by atoms with Gasteiger partial charge in [0.05, 0.1) is 0 Å². The van der Waals surface area contributed by atoms with Gasteiger partial charge in [-0.05, 0) is 23.6 Å². The fourth-order valence-electron chi connectivity index (χ4n) is 2.02. The Bertz CT molecular complexity index is 423. The van der Waals surface area contributed by atoms with E-state index in [4.69, 9.17) is 0 Å². The third kappa shape index (κ3) is 3.82.